The van der Waals surface area contributed by atoms with Crippen molar-refractivity contribution in [2.45, 2.75) is 12.8 Å². The molecule has 0 bridgehead atoms. The van der Waals surface area contributed by atoms with Gasteiger partial charge in [0, 0.05) is 18.8 Å². The number of nitriles is 1. The van der Waals surface area contributed by atoms with Crippen molar-refractivity contribution in [2.75, 3.05) is 0 Å². The van der Waals surface area contributed by atoms with Crippen LogP contribution < -0.4 is 0 Å². The van der Waals surface area contributed by atoms with E-state index in [0.717, 1.165) is 17.1 Å². The van der Waals surface area contributed by atoms with Gasteiger partial charge >= 0.3 is 0 Å². The van der Waals surface area contributed by atoms with Gasteiger partial charge in [-0.05, 0) is 6.92 Å². The van der Waals surface area contributed by atoms with E-state index in [1.54, 1.807) is 0 Å². The Balaban J connectivity index is 2.45. The van der Waals surface area contributed by atoms with Crippen LogP contribution in [-0.4, -0.2) is 9.55 Å². The maximum atomic E-state index is 8.86. The molecule has 0 spiro atoms. The number of aryl methyl sites for hydroxylation is 1. The summed E-state index contributed by atoms with van der Waals surface area (Å²) in [6.07, 6.45) is 1.91. The summed E-state index contributed by atoms with van der Waals surface area (Å²) in [6, 6.07) is 12.2. The third-order valence-corrected chi connectivity index (χ3v) is 2.56. The fraction of sp³-hybridized carbons (Fsp3) is 0.231. The first kappa shape index (κ1) is 10.4. The molecule has 1 heterocycles. The zero-order chi connectivity index (χ0) is 11.5. The molecule has 0 aliphatic heterocycles. The average molecular weight is 211 g/mol. The van der Waals surface area contributed by atoms with E-state index in [1.807, 2.05) is 55.1 Å². The molecule has 0 amide bonds. The predicted molar refractivity (Wildman–Crippen MR) is 62.7 cm³/mol. The van der Waals surface area contributed by atoms with Crippen LogP contribution in [0.4, 0.5) is 0 Å². The van der Waals surface area contributed by atoms with Crippen molar-refractivity contribution in [1.29, 1.82) is 5.26 Å². The SMILES string of the molecule is CC(C#N)c1cn(C)c(-c2ccccc2)n1. The summed E-state index contributed by atoms with van der Waals surface area (Å²) < 4.78 is 1.96. The molecular weight excluding hydrogens is 198 g/mol. The van der Waals surface area contributed by atoms with Crippen LogP contribution in [0.2, 0.25) is 0 Å². The Morgan fingerprint density at radius 2 is 2.00 bits per heavy atom. The van der Waals surface area contributed by atoms with Gasteiger partial charge in [-0.15, -0.1) is 0 Å². The molecule has 0 radical (unpaired) electrons. The maximum Gasteiger partial charge on any atom is 0.140 e. The topological polar surface area (TPSA) is 41.6 Å². The number of hydrogen-bond donors (Lipinski definition) is 0. The highest BCUT2D eigenvalue weighted by Crippen LogP contribution is 2.21. The molecule has 0 saturated carbocycles. The molecule has 0 fully saturated rings. The lowest BCUT2D eigenvalue weighted by atomic mass is 10.1. The number of benzene rings is 1. The predicted octanol–water partition coefficient (Wildman–Crippen LogP) is 2.71. The molecule has 2 aromatic rings. The molecule has 16 heavy (non-hydrogen) atoms. The van der Waals surface area contributed by atoms with Gasteiger partial charge < -0.3 is 4.57 Å². The Hall–Kier alpha value is -2.08. The smallest absolute Gasteiger partial charge is 0.140 e. The summed E-state index contributed by atoms with van der Waals surface area (Å²) in [4.78, 5) is 4.49. The van der Waals surface area contributed by atoms with E-state index in [2.05, 4.69) is 11.1 Å². The van der Waals surface area contributed by atoms with Crippen LogP contribution in [0.3, 0.4) is 0 Å². The minimum Gasteiger partial charge on any atom is -0.334 e. The van der Waals surface area contributed by atoms with Crippen LogP contribution in [0.15, 0.2) is 36.5 Å². The van der Waals surface area contributed by atoms with Gasteiger partial charge in [-0.25, -0.2) is 4.98 Å². The van der Waals surface area contributed by atoms with Crippen LogP contribution in [0.5, 0.6) is 0 Å². The van der Waals surface area contributed by atoms with E-state index in [4.69, 9.17) is 5.26 Å². The summed E-state index contributed by atoms with van der Waals surface area (Å²) >= 11 is 0. The van der Waals surface area contributed by atoms with Gasteiger partial charge in [0.1, 0.15) is 5.82 Å². The highest BCUT2D eigenvalue weighted by atomic mass is 15.0. The third kappa shape index (κ3) is 1.82. The van der Waals surface area contributed by atoms with E-state index >= 15 is 0 Å². The Morgan fingerprint density at radius 3 is 2.62 bits per heavy atom. The van der Waals surface area contributed by atoms with Gasteiger partial charge in [0.05, 0.1) is 17.7 Å². The number of imidazole rings is 1. The summed E-state index contributed by atoms with van der Waals surface area (Å²) in [5.41, 5.74) is 1.89. The average Bonchev–Trinajstić information content (AvgIpc) is 2.71. The molecular formula is C13H13N3. The van der Waals surface area contributed by atoms with Crippen molar-refractivity contribution in [3.63, 3.8) is 0 Å². The minimum atomic E-state index is -0.163. The minimum absolute atomic E-state index is 0.163. The maximum absolute atomic E-state index is 8.86. The van der Waals surface area contributed by atoms with Crippen LogP contribution in [0.1, 0.15) is 18.5 Å². The van der Waals surface area contributed by atoms with Gasteiger partial charge in [-0.1, -0.05) is 30.3 Å². The van der Waals surface area contributed by atoms with Crippen molar-refractivity contribution in [3.05, 3.63) is 42.2 Å². The number of rotatable bonds is 2. The zero-order valence-electron chi connectivity index (χ0n) is 9.38. The molecule has 0 aliphatic rings. The van der Waals surface area contributed by atoms with Crippen molar-refractivity contribution in [2.24, 2.45) is 7.05 Å². The molecule has 3 heteroatoms. The monoisotopic (exact) mass is 211 g/mol. The van der Waals surface area contributed by atoms with E-state index in [0.29, 0.717) is 0 Å². The van der Waals surface area contributed by atoms with Gasteiger partial charge in [-0.2, -0.15) is 5.26 Å². The van der Waals surface area contributed by atoms with Crippen LogP contribution in [0.25, 0.3) is 11.4 Å². The second-order valence-corrected chi connectivity index (χ2v) is 3.82. The Labute approximate surface area is 95.0 Å². The normalized spacial score (nSPS) is 12.1. The Bertz CT molecular complexity index is 520. The van der Waals surface area contributed by atoms with Gasteiger partial charge in [0.15, 0.2) is 0 Å². The van der Waals surface area contributed by atoms with E-state index in [-0.39, 0.29) is 5.92 Å². The molecule has 1 unspecified atom stereocenters. The van der Waals surface area contributed by atoms with Crippen LogP contribution in [-0.2, 0) is 7.05 Å². The van der Waals surface area contributed by atoms with Gasteiger partial charge in [0.25, 0.3) is 0 Å². The summed E-state index contributed by atoms with van der Waals surface area (Å²) in [7, 11) is 1.95. The number of aromatic nitrogens is 2. The second-order valence-electron chi connectivity index (χ2n) is 3.82. The molecule has 2 rings (SSSR count). The van der Waals surface area contributed by atoms with E-state index < -0.39 is 0 Å². The standard InChI is InChI=1S/C13H13N3/c1-10(8-14)12-9-16(2)13(15-12)11-6-4-3-5-7-11/h3-7,9-10H,1-2H3. The van der Waals surface area contributed by atoms with Gasteiger partial charge in [-0.3, -0.25) is 0 Å². The van der Waals surface area contributed by atoms with E-state index in [1.165, 1.54) is 0 Å². The van der Waals surface area contributed by atoms with Crippen molar-refractivity contribution in [3.8, 4) is 17.5 Å². The lowest BCUT2D eigenvalue weighted by Gasteiger charge is -1.99. The molecule has 0 saturated heterocycles. The molecule has 1 aromatic carbocycles. The van der Waals surface area contributed by atoms with E-state index in [9.17, 15) is 0 Å². The third-order valence-electron chi connectivity index (χ3n) is 2.56. The quantitative estimate of drug-likeness (QED) is 0.766. The second kappa shape index (κ2) is 4.19. The van der Waals surface area contributed by atoms with Crippen LogP contribution >= 0.6 is 0 Å². The first-order valence-electron chi connectivity index (χ1n) is 5.20. The molecule has 0 N–H and O–H groups in total. The molecule has 0 aliphatic carbocycles. The zero-order valence-corrected chi connectivity index (χ0v) is 9.38. The lowest BCUT2D eigenvalue weighted by Crippen LogP contribution is -1.90. The highest BCUT2D eigenvalue weighted by Gasteiger charge is 2.11. The fourth-order valence-corrected chi connectivity index (χ4v) is 1.62. The highest BCUT2D eigenvalue weighted by molar-refractivity contribution is 5.55. The molecule has 80 valence electrons. The van der Waals surface area contributed by atoms with Gasteiger partial charge in [0.2, 0.25) is 0 Å². The number of nitrogens with zero attached hydrogens (tertiary/aromatic N) is 3. The molecule has 1 atom stereocenters. The molecule has 1 aromatic heterocycles. The Morgan fingerprint density at radius 1 is 1.31 bits per heavy atom. The first-order chi connectivity index (χ1) is 7.72. The summed E-state index contributed by atoms with van der Waals surface area (Å²) in [5, 5.41) is 8.86. The fourth-order valence-electron chi connectivity index (χ4n) is 1.62. The van der Waals surface area contributed by atoms with Crippen LogP contribution in [0, 0.1) is 11.3 Å². The van der Waals surface area contributed by atoms with Crippen molar-refractivity contribution in [1.82, 2.24) is 9.55 Å². The lowest BCUT2D eigenvalue weighted by molar-refractivity contribution is 0.910. The summed E-state index contributed by atoms with van der Waals surface area (Å²) in [6.45, 7) is 1.86. The van der Waals surface area contributed by atoms with Crippen molar-refractivity contribution >= 4 is 0 Å². The number of hydrogen-bond acceptors (Lipinski definition) is 2. The largest absolute Gasteiger partial charge is 0.334 e. The van der Waals surface area contributed by atoms with Crippen molar-refractivity contribution < 1.29 is 0 Å². The molecule has 3 nitrogen and oxygen atoms in total. The summed E-state index contributed by atoms with van der Waals surface area (Å²) in [5.74, 6) is 0.737. The first-order valence-corrected chi connectivity index (χ1v) is 5.20. The Kier molecular flexibility index (Phi) is 2.74.